The molecule has 1 aliphatic rings. The molecule has 1 aromatic carbocycles. The van der Waals surface area contributed by atoms with Gasteiger partial charge < -0.3 is 4.42 Å². The van der Waals surface area contributed by atoms with Crippen molar-refractivity contribution < 1.29 is 4.42 Å². The molecule has 31 heavy (non-hydrogen) atoms. The lowest BCUT2D eigenvalue weighted by molar-refractivity contribution is 0.528. The highest BCUT2D eigenvalue weighted by Crippen LogP contribution is 2.35. The van der Waals surface area contributed by atoms with Crippen LogP contribution >= 0.6 is 34.7 Å². The van der Waals surface area contributed by atoms with Gasteiger partial charge in [-0.15, -0.1) is 28.1 Å². The van der Waals surface area contributed by atoms with Crippen LogP contribution in [0.4, 0.5) is 0 Å². The minimum atomic E-state index is 0.00841. The highest BCUT2D eigenvalue weighted by molar-refractivity contribution is 7.98. The molecular weight excluding hydrogens is 452 g/mol. The van der Waals surface area contributed by atoms with Gasteiger partial charge in [0.15, 0.2) is 5.16 Å². The average Bonchev–Trinajstić information content (AvgIpc) is 3.39. The molecule has 3 heterocycles. The Kier molecular flexibility index (Phi) is 5.69. The van der Waals surface area contributed by atoms with Gasteiger partial charge >= 0.3 is 0 Å². The summed E-state index contributed by atoms with van der Waals surface area (Å²) in [5.41, 5.74) is 1.90. The van der Waals surface area contributed by atoms with E-state index in [1.54, 1.807) is 28.0 Å². The topological polar surface area (TPSA) is 73.8 Å². The van der Waals surface area contributed by atoms with Crippen molar-refractivity contribution >= 4 is 44.9 Å². The van der Waals surface area contributed by atoms with Crippen LogP contribution in [0.5, 0.6) is 0 Å². The Bertz CT molecular complexity index is 1340. The van der Waals surface area contributed by atoms with Gasteiger partial charge in [-0.1, -0.05) is 41.6 Å². The van der Waals surface area contributed by atoms with E-state index in [2.05, 4.69) is 16.8 Å². The van der Waals surface area contributed by atoms with Gasteiger partial charge in [-0.3, -0.25) is 9.36 Å². The Balaban J connectivity index is 1.46. The summed E-state index contributed by atoms with van der Waals surface area (Å²) in [7, 11) is 0. The largest absolute Gasteiger partial charge is 0.420 e. The van der Waals surface area contributed by atoms with Crippen molar-refractivity contribution in [2.24, 2.45) is 0 Å². The van der Waals surface area contributed by atoms with E-state index in [4.69, 9.17) is 21.0 Å². The summed E-state index contributed by atoms with van der Waals surface area (Å²) in [5, 5.41) is 10.2. The van der Waals surface area contributed by atoms with Crippen LogP contribution in [0.15, 0.2) is 51.3 Å². The molecule has 5 rings (SSSR count). The molecule has 0 atom stereocenters. The predicted molar refractivity (Wildman–Crippen MR) is 125 cm³/mol. The quantitative estimate of drug-likeness (QED) is 0.210. The van der Waals surface area contributed by atoms with Crippen molar-refractivity contribution in [1.29, 1.82) is 0 Å². The molecule has 6 nitrogen and oxygen atoms in total. The van der Waals surface area contributed by atoms with Crippen LogP contribution in [0.25, 0.3) is 21.7 Å². The number of benzene rings is 1. The molecule has 0 bridgehead atoms. The van der Waals surface area contributed by atoms with Gasteiger partial charge in [0.05, 0.1) is 21.7 Å². The summed E-state index contributed by atoms with van der Waals surface area (Å²) in [6.45, 7) is 4.22. The number of thiophene rings is 1. The van der Waals surface area contributed by atoms with E-state index < -0.39 is 0 Å². The second-order valence-corrected chi connectivity index (χ2v) is 9.69. The minimum absolute atomic E-state index is 0.00841. The normalized spacial score (nSPS) is 13.5. The molecule has 1 aliphatic carbocycles. The van der Waals surface area contributed by atoms with E-state index >= 15 is 0 Å². The number of hydrogen-bond acceptors (Lipinski definition) is 7. The molecule has 0 amide bonds. The van der Waals surface area contributed by atoms with Crippen molar-refractivity contribution in [2.45, 2.75) is 43.1 Å². The lowest BCUT2D eigenvalue weighted by atomic mass is 9.97. The van der Waals surface area contributed by atoms with Crippen molar-refractivity contribution in [3.63, 3.8) is 0 Å². The number of rotatable bonds is 6. The zero-order chi connectivity index (χ0) is 21.4. The van der Waals surface area contributed by atoms with E-state index in [0.29, 0.717) is 39.8 Å². The SMILES string of the molecule is C=CCn1c(SCc2nnc(-c3ccccc3Cl)o2)nc2sc3c(c2c1=O)CCCC3. The number of fused-ring (bicyclic) bond motifs is 3. The van der Waals surface area contributed by atoms with E-state index in [9.17, 15) is 4.79 Å². The van der Waals surface area contributed by atoms with Gasteiger partial charge in [0.1, 0.15) is 4.83 Å². The average molecular weight is 471 g/mol. The maximum absolute atomic E-state index is 13.3. The first-order chi connectivity index (χ1) is 15.2. The minimum Gasteiger partial charge on any atom is -0.420 e. The molecule has 0 fully saturated rings. The second-order valence-electron chi connectivity index (χ2n) is 7.26. The summed E-state index contributed by atoms with van der Waals surface area (Å²) in [6.07, 6.45) is 6.01. The smallest absolute Gasteiger partial charge is 0.263 e. The Labute approximate surface area is 192 Å². The number of halogens is 1. The van der Waals surface area contributed by atoms with Gasteiger partial charge in [0, 0.05) is 11.4 Å². The van der Waals surface area contributed by atoms with Gasteiger partial charge in [-0.05, 0) is 43.4 Å². The van der Waals surface area contributed by atoms with E-state index in [1.165, 1.54) is 28.6 Å². The van der Waals surface area contributed by atoms with Crippen LogP contribution in [0.2, 0.25) is 5.02 Å². The number of thioether (sulfide) groups is 1. The molecule has 9 heteroatoms. The number of hydrogen-bond donors (Lipinski definition) is 0. The fraction of sp³-hybridized carbons (Fsp3) is 0.273. The third kappa shape index (κ3) is 3.84. The van der Waals surface area contributed by atoms with Crippen LogP contribution < -0.4 is 5.56 Å². The number of aromatic nitrogens is 4. The third-order valence-electron chi connectivity index (χ3n) is 5.25. The molecule has 0 spiro atoms. The van der Waals surface area contributed by atoms with Crippen LogP contribution in [0, 0.1) is 0 Å². The Morgan fingerprint density at radius 3 is 2.94 bits per heavy atom. The molecule has 0 saturated heterocycles. The van der Waals surface area contributed by atoms with Crippen molar-refractivity contribution in [2.75, 3.05) is 0 Å². The molecular formula is C22H19ClN4O2S2. The molecule has 0 aliphatic heterocycles. The zero-order valence-electron chi connectivity index (χ0n) is 16.6. The summed E-state index contributed by atoms with van der Waals surface area (Å²) in [6, 6.07) is 7.33. The number of allylic oxidation sites excluding steroid dienone is 1. The van der Waals surface area contributed by atoms with Crippen LogP contribution in [-0.2, 0) is 25.1 Å². The summed E-state index contributed by atoms with van der Waals surface area (Å²) in [5.74, 6) is 1.22. The lowest BCUT2D eigenvalue weighted by Gasteiger charge is -2.12. The van der Waals surface area contributed by atoms with Crippen LogP contribution in [0.3, 0.4) is 0 Å². The van der Waals surface area contributed by atoms with Crippen LogP contribution in [-0.4, -0.2) is 19.7 Å². The van der Waals surface area contributed by atoms with Gasteiger partial charge in [0.2, 0.25) is 11.8 Å². The van der Waals surface area contributed by atoms with Gasteiger partial charge in [-0.25, -0.2) is 4.98 Å². The molecule has 0 unspecified atom stereocenters. The monoisotopic (exact) mass is 470 g/mol. The molecule has 158 valence electrons. The van der Waals surface area contributed by atoms with Crippen molar-refractivity contribution in [3.8, 4) is 11.5 Å². The molecule has 0 radical (unpaired) electrons. The highest BCUT2D eigenvalue weighted by atomic mass is 35.5. The summed E-state index contributed by atoms with van der Waals surface area (Å²) in [4.78, 5) is 20.3. The number of nitrogens with zero attached hydrogens (tertiary/aromatic N) is 4. The van der Waals surface area contributed by atoms with Crippen LogP contribution in [0.1, 0.15) is 29.2 Å². The van der Waals surface area contributed by atoms with Gasteiger partial charge in [0.25, 0.3) is 5.56 Å². The summed E-state index contributed by atoms with van der Waals surface area (Å²) >= 11 is 9.28. The first-order valence-electron chi connectivity index (χ1n) is 10.0. The molecule has 0 saturated carbocycles. The van der Waals surface area contributed by atoms with Crippen molar-refractivity contribution in [1.82, 2.24) is 19.7 Å². The Morgan fingerprint density at radius 1 is 1.26 bits per heavy atom. The van der Waals surface area contributed by atoms with E-state index in [-0.39, 0.29) is 5.56 Å². The second kappa shape index (κ2) is 8.61. The molecule has 4 aromatic rings. The van der Waals surface area contributed by atoms with E-state index in [1.807, 2.05) is 18.2 Å². The Hall–Kier alpha value is -2.42. The first kappa shape index (κ1) is 20.5. The molecule has 0 N–H and O–H groups in total. The lowest BCUT2D eigenvalue weighted by Crippen LogP contribution is -2.23. The predicted octanol–water partition coefficient (Wildman–Crippen LogP) is 5.52. The highest BCUT2D eigenvalue weighted by Gasteiger charge is 2.22. The van der Waals surface area contributed by atoms with E-state index in [0.717, 1.165) is 29.5 Å². The molecule has 3 aromatic heterocycles. The summed E-state index contributed by atoms with van der Waals surface area (Å²) < 4.78 is 7.48. The fourth-order valence-corrected chi connectivity index (χ4v) is 6.17. The maximum Gasteiger partial charge on any atom is 0.263 e. The Morgan fingerprint density at radius 2 is 2.10 bits per heavy atom. The standard InChI is InChI=1S/C22H19ClN4O2S2/c1-2-11-27-21(28)18-14-8-4-6-10-16(14)31-20(18)24-22(27)30-12-17-25-26-19(29-17)13-7-3-5-9-15(13)23/h2-3,5,7,9H,1,4,6,8,10-12H2. The maximum atomic E-state index is 13.3. The zero-order valence-corrected chi connectivity index (χ0v) is 19.0. The number of aryl methyl sites for hydroxylation is 2. The van der Waals surface area contributed by atoms with Gasteiger partial charge in [-0.2, -0.15) is 0 Å². The van der Waals surface area contributed by atoms with Crippen molar-refractivity contribution in [3.05, 3.63) is 68.6 Å². The first-order valence-corrected chi connectivity index (χ1v) is 12.2. The third-order valence-corrected chi connectivity index (χ3v) is 7.72. The fourth-order valence-electron chi connectivity index (χ4n) is 3.80.